The van der Waals surface area contributed by atoms with E-state index in [-0.39, 0.29) is 0 Å². The van der Waals surface area contributed by atoms with E-state index in [0.29, 0.717) is 10.8 Å². The molecule has 1 N–H and O–H groups in total. The summed E-state index contributed by atoms with van der Waals surface area (Å²) in [6, 6.07) is 0.453. The van der Waals surface area contributed by atoms with Gasteiger partial charge in [0.2, 0.25) is 0 Å². The molecule has 1 atom stereocenters. The predicted molar refractivity (Wildman–Crippen MR) is 70.8 cm³/mol. The second-order valence-electron chi connectivity index (χ2n) is 4.04. The van der Waals surface area contributed by atoms with Crippen molar-refractivity contribution in [3.8, 4) is 0 Å². The van der Waals surface area contributed by atoms with Crippen LogP contribution in [0.3, 0.4) is 0 Å². The van der Waals surface area contributed by atoms with Crippen molar-refractivity contribution in [3.63, 3.8) is 0 Å². The van der Waals surface area contributed by atoms with Gasteiger partial charge < -0.3 is 10.1 Å². The Hall–Kier alpha value is 0.270. The lowest BCUT2D eigenvalue weighted by molar-refractivity contribution is 0.126. The first-order valence-electron chi connectivity index (χ1n) is 6.00. The molecule has 0 aliphatic rings. The van der Waals surface area contributed by atoms with Crippen LogP contribution in [-0.2, 0) is 4.74 Å². The van der Waals surface area contributed by atoms with Crippen LogP contribution in [0.25, 0.3) is 0 Å². The topological polar surface area (TPSA) is 21.3 Å². The average molecular weight is 233 g/mol. The summed E-state index contributed by atoms with van der Waals surface area (Å²) in [5.41, 5.74) is 0. The smallest absolute Gasteiger partial charge is 0.0616 e. The van der Waals surface area contributed by atoms with Crippen molar-refractivity contribution in [3.05, 3.63) is 0 Å². The molecule has 15 heavy (non-hydrogen) atoms. The molecular weight excluding hydrogens is 206 g/mol. The molecule has 0 aromatic carbocycles. The molecule has 0 aromatic rings. The van der Waals surface area contributed by atoms with E-state index in [1.807, 2.05) is 18.7 Å². The number of hydrogen-bond donors (Lipinski definition) is 1. The number of nitrogens with one attached hydrogen (secondary N) is 1. The highest BCUT2D eigenvalue weighted by Crippen LogP contribution is 2.29. The van der Waals surface area contributed by atoms with Crippen LogP contribution in [0.4, 0.5) is 0 Å². The van der Waals surface area contributed by atoms with E-state index in [2.05, 4.69) is 32.3 Å². The SMILES string of the molecule is CCOCC(C)NCC(CC)(CC)SC. The van der Waals surface area contributed by atoms with Crippen LogP contribution in [-0.4, -0.2) is 36.8 Å². The van der Waals surface area contributed by atoms with Crippen molar-refractivity contribution < 1.29 is 4.74 Å². The van der Waals surface area contributed by atoms with Gasteiger partial charge in [-0.2, -0.15) is 11.8 Å². The fourth-order valence-corrected chi connectivity index (χ4v) is 2.38. The van der Waals surface area contributed by atoms with Crippen molar-refractivity contribution in [2.45, 2.75) is 51.3 Å². The first-order valence-corrected chi connectivity index (χ1v) is 7.22. The Morgan fingerprint density at radius 2 is 1.87 bits per heavy atom. The lowest BCUT2D eigenvalue weighted by Gasteiger charge is -2.31. The molecule has 0 aliphatic carbocycles. The summed E-state index contributed by atoms with van der Waals surface area (Å²) in [4.78, 5) is 0. The molecule has 0 spiro atoms. The van der Waals surface area contributed by atoms with Gasteiger partial charge in [0.1, 0.15) is 0 Å². The summed E-state index contributed by atoms with van der Waals surface area (Å²) in [5, 5.41) is 3.57. The van der Waals surface area contributed by atoms with Crippen LogP contribution in [0.15, 0.2) is 0 Å². The van der Waals surface area contributed by atoms with Crippen molar-refractivity contribution >= 4 is 11.8 Å². The van der Waals surface area contributed by atoms with Crippen LogP contribution in [0.1, 0.15) is 40.5 Å². The third-order valence-electron chi connectivity index (χ3n) is 3.07. The van der Waals surface area contributed by atoms with Crippen molar-refractivity contribution in [1.29, 1.82) is 0 Å². The standard InChI is InChI=1S/C12H27NOS/c1-6-12(7-2,15-5)10-13-11(4)9-14-8-3/h11,13H,6-10H2,1-5H3. The summed E-state index contributed by atoms with van der Waals surface area (Å²) in [6.07, 6.45) is 4.65. The van der Waals surface area contributed by atoms with Crippen LogP contribution in [0.2, 0.25) is 0 Å². The molecule has 2 nitrogen and oxygen atoms in total. The second kappa shape index (κ2) is 8.43. The summed E-state index contributed by atoms with van der Waals surface area (Å²) >= 11 is 1.98. The number of ether oxygens (including phenoxy) is 1. The molecule has 0 radical (unpaired) electrons. The van der Waals surface area contributed by atoms with E-state index in [1.54, 1.807) is 0 Å². The monoisotopic (exact) mass is 233 g/mol. The Labute approximate surface area is 99.5 Å². The quantitative estimate of drug-likeness (QED) is 0.661. The molecule has 0 saturated carbocycles. The first kappa shape index (κ1) is 15.3. The normalized spacial score (nSPS) is 14.2. The highest BCUT2D eigenvalue weighted by Gasteiger charge is 2.24. The van der Waals surface area contributed by atoms with Gasteiger partial charge in [-0.05, 0) is 32.9 Å². The number of thioether (sulfide) groups is 1. The maximum absolute atomic E-state index is 5.39. The summed E-state index contributed by atoms with van der Waals surface area (Å²) in [6.45, 7) is 11.5. The summed E-state index contributed by atoms with van der Waals surface area (Å²) in [5.74, 6) is 0. The number of hydrogen-bond acceptors (Lipinski definition) is 3. The molecule has 3 heteroatoms. The Morgan fingerprint density at radius 3 is 2.27 bits per heavy atom. The van der Waals surface area contributed by atoms with Crippen LogP contribution in [0.5, 0.6) is 0 Å². The van der Waals surface area contributed by atoms with Gasteiger partial charge in [0.15, 0.2) is 0 Å². The Bertz CT molecular complexity index is 140. The first-order chi connectivity index (χ1) is 7.14. The van der Waals surface area contributed by atoms with Crippen LogP contribution >= 0.6 is 11.8 Å². The molecule has 0 heterocycles. The van der Waals surface area contributed by atoms with E-state index >= 15 is 0 Å². The summed E-state index contributed by atoms with van der Waals surface area (Å²) in [7, 11) is 0. The van der Waals surface area contributed by atoms with Gasteiger partial charge in [-0.15, -0.1) is 0 Å². The van der Waals surface area contributed by atoms with Gasteiger partial charge in [-0.1, -0.05) is 13.8 Å². The zero-order valence-electron chi connectivity index (χ0n) is 10.9. The largest absolute Gasteiger partial charge is 0.380 e. The average Bonchev–Trinajstić information content (AvgIpc) is 2.29. The third-order valence-corrected chi connectivity index (χ3v) is 4.65. The van der Waals surface area contributed by atoms with Crippen LogP contribution in [0, 0.1) is 0 Å². The highest BCUT2D eigenvalue weighted by atomic mass is 32.2. The van der Waals surface area contributed by atoms with Crippen molar-refractivity contribution in [2.75, 3.05) is 26.0 Å². The van der Waals surface area contributed by atoms with Crippen LogP contribution < -0.4 is 5.32 Å². The van der Waals surface area contributed by atoms with E-state index in [4.69, 9.17) is 4.74 Å². The molecule has 0 bridgehead atoms. The minimum Gasteiger partial charge on any atom is -0.380 e. The molecule has 0 aliphatic heterocycles. The molecular formula is C12H27NOS. The van der Waals surface area contributed by atoms with Crippen molar-refractivity contribution in [1.82, 2.24) is 5.32 Å². The Morgan fingerprint density at radius 1 is 1.27 bits per heavy atom. The van der Waals surface area contributed by atoms with Gasteiger partial charge in [-0.25, -0.2) is 0 Å². The Balaban J connectivity index is 3.88. The minimum atomic E-state index is 0.403. The zero-order chi connectivity index (χ0) is 11.7. The lowest BCUT2D eigenvalue weighted by atomic mass is 10.0. The molecule has 0 rings (SSSR count). The van der Waals surface area contributed by atoms with Gasteiger partial charge in [0, 0.05) is 23.9 Å². The van der Waals surface area contributed by atoms with E-state index in [9.17, 15) is 0 Å². The summed E-state index contributed by atoms with van der Waals surface area (Å²) < 4.78 is 5.80. The molecule has 1 unspecified atom stereocenters. The van der Waals surface area contributed by atoms with E-state index in [1.165, 1.54) is 12.8 Å². The van der Waals surface area contributed by atoms with Gasteiger partial charge >= 0.3 is 0 Å². The van der Waals surface area contributed by atoms with Gasteiger partial charge in [-0.3, -0.25) is 0 Å². The van der Waals surface area contributed by atoms with E-state index < -0.39 is 0 Å². The van der Waals surface area contributed by atoms with Gasteiger partial charge in [0.05, 0.1) is 6.61 Å². The Kier molecular flexibility index (Phi) is 8.58. The molecule has 0 saturated heterocycles. The minimum absolute atomic E-state index is 0.403. The zero-order valence-corrected chi connectivity index (χ0v) is 11.7. The van der Waals surface area contributed by atoms with E-state index in [0.717, 1.165) is 19.8 Å². The fourth-order valence-electron chi connectivity index (χ4n) is 1.57. The van der Waals surface area contributed by atoms with Gasteiger partial charge in [0.25, 0.3) is 0 Å². The molecule has 0 fully saturated rings. The maximum Gasteiger partial charge on any atom is 0.0616 e. The highest BCUT2D eigenvalue weighted by molar-refractivity contribution is 8.00. The maximum atomic E-state index is 5.39. The lowest BCUT2D eigenvalue weighted by Crippen LogP contribution is -2.42. The van der Waals surface area contributed by atoms with Crippen molar-refractivity contribution in [2.24, 2.45) is 0 Å². The third kappa shape index (κ3) is 5.79. The molecule has 0 amide bonds. The second-order valence-corrected chi connectivity index (χ2v) is 5.31. The molecule has 92 valence electrons. The number of rotatable bonds is 9. The fraction of sp³-hybridized carbons (Fsp3) is 1.00. The molecule has 0 aromatic heterocycles. The predicted octanol–water partition coefficient (Wildman–Crippen LogP) is 2.92.